The quantitative estimate of drug-likeness (QED) is 0.505. The summed E-state index contributed by atoms with van der Waals surface area (Å²) < 4.78 is 1.72. The number of benzene rings is 2. The van der Waals surface area contributed by atoms with Crippen molar-refractivity contribution in [1.82, 2.24) is 14.9 Å². The minimum absolute atomic E-state index is 0.0580. The Kier molecular flexibility index (Phi) is 6.87. The molecule has 0 spiro atoms. The molecule has 0 radical (unpaired) electrons. The Balaban J connectivity index is 2.07. The smallest absolute Gasteiger partial charge is 0.266 e. The molecule has 0 saturated heterocycles. The van der Waals surface area contributed by atoms with Gasteiger partial charge in [0.2, 0.25) is 0 Å². The molecule has 0 unspecified atom stereocenters. The van der Waals surface area contributed by atoms with Crippen molar-refractivity contribution >= 4 is 22.5 Å². The average Bonchev–Trinajstić information content (AvgIpc) is 2.70. The predicted octanol–water partition coefficient (Wildman–Crippen LogP) is 5.58. The van der Waals surface area contributed by atoms with Gasteiger partial charge in [-0.1, -0.05) is 56.0 Å². The molecule has 0 aliphatic carbocycles. The van der Waals surface area contributed by atoms with E-state index in [0.29, 0.717) is 16.2 Å². The van der Waals surface area contributed by atoms with Crippen molar-refractivity contribution in [2.24, 2.45) is 0 Å². The maximum absolute atomic E-state index is 13.4. The van der Waals surface area contributed by atoms with Crippen LogP contribution in [0, 0.1) is 6.92 Å². The molecule has 0 saturated carbocycles. The molecule has 1 aromatic heterocycles. The molecule has 4 nitrogen and oxygen atoms in total. The first-order valence-electron chi connectivity index (χ1n) is 10.0. The molecular weight excluding hydrogens is 370 g/mol. The highest BCUT2D eigenvalue weighted by atomic mass is 35.5. The van der Waals surface area contributed by atoms with Crippen LogP contribution in [0.4, 0.5) is 0 Å². The zero-order valence-electron chi connectivity index (χ0n) is 16.8. The highest BCUT2D eigenvalue weighted by Gasteiger charge is 2.19. The average molecular weight is 398 g/mol. The molecule has 5 heteroatoms. The van der Waals surface area contributed by atoms with Crippen molar-refractivity contribution in [3.05, 3.63) is 69.2 Å². The zero-order chi connectivity index (χ0) is 20.1. The minimum atomic E-state index is -0.0643. The standard InChI is InChI=1S/C23H28ClN3O/c1-4-5-6-9-15-25-17(3)22-26-20-13-8-7-11-18(20)23(28)27(22)21-14-10-12-19(24)16(21)2/h7-8,10-14,17,25H,4-6,9,15H2,1-3H3/t17-/m0/s1. The van der Waals surface area contributed by atoms with Gasteiger partial charge in [-0.05, 0) is 56.6 Å². The molecule has 0 aliphatic rings. The van der Waals surface area contributed by atoms with Crippen LogP contribution in [-0.2, 0) is 0 Å². The van der Waals surface area contributed by atoms with Gasteiger partial charge in [0.25, 0.3) is 5.56 Å². The fraction of sp³-hybridized carbons (Fsp3) is 0.391. The third kappa shape index (κ3) is 4.29. The molecule has 1 N–H and O–H groups in total. The first kappa shape index (κ1) is 20.6. The van der Waals surface area contributed by atoms with Crippen LogP contribution >= 0.6 is 11.6 Å². The third-order valence-electron chi connectivity index (χ3n) is 5.15. The molecule has 0 fully saturated rings. The van der Waals surface area contributed by atoms with E-state index in [1.807, 2.05) is 49.4 Å². The number of hydrogen-bond acceptors (Lipinski definition) is 3. The lowest BCUT2D eigenvalue weighted by molar-refractivity contribution is 0.508. The van der Waals surface area contributed by atoms with Gasteiger partial charge in [-0.2, -0.15) is 0 Å². The van der Waals surface area contributed by atoms with Gasteiger partial charge >= 0.3 is 0 Å². The zero-order valence-corrected chi connectivity index (χ0v) is 17.6. The molecule has 2 aromatic carbocycles. The minimum Gasteiger partial charge on any atom is -0.308 e. The van der Waals surface area contributed by atoms with Crippen molar-refractivity contribution < 1.29 is 0 Å². The molecule has 0 aliphatic heterocycles. The van der Waals surface area contributed by atoms with E-state index in [1.165, 1.54) is 19.3 Å². The van der Waals surface area contributed by atoms with E-state index in [1.54, 1.807) is 4.57 Å². The Morgan fingerprint density at radius 3 is 2.68 bits per heavy atom. The van der Waals surface area contributed by atoms with E-state index in [4.69, 9.17) is 16.6 Å². The van der Waals surface area contributed by atoms with Gasteiger partial charge in [-0.3, -0.25) is 9.36 Å². The molecule has 3 rings (SSSR count). The van der Waals surface area contributed by atoms with E-state index < -0.39 is 0 Å². The summed E-state index contributed by atoms with van der Waals surface area (Å²) >= 11 is 6.35. The summed E-state index contributed by atoms with van der Waals surface area (Å²) in [4.78, 5) is 18.2. The number of unbranched alkanes of at least 4 members (excludes halogenated alkanes) is 3. The summed E-state index contributed by atoms with van der Waals surface area (Å²) in [5, 5.41) is 4.79. The summed E-state index contributed by atoms with van der Waals surface area (Å²) in [7, 11) is 0. The van der Waals surface area contributed by atoms with Gasteiger partial charge in [-0.15, -0.1) is 0 Å². The van der Waals surface area contributed by atoms with Crippen molar-refractivity contribution in [3.8, 4) is 5.69 Å². The lowest BCUT2D eigenvalue weighted by Crippen LogP contribution is -2.31. The van der Waals surface area contributed by atoms with Crippen LogP contribution in [0.5, 0.6) is 0 Å². The van der Waals surface area contributed by atoms with Crippen molar-refractivity contribution in [3.63, 3.8) is 0 Å². The number of hydrogen-bond donors (Lipinski definition) is 1. The number of rotatable bonds is 8. The number of nitrogens with zero attached hydrogens (tertiary/aromatic N) is 2. The van der Waals surface area contributed by atoms with Gasteiger partial charge in [0.15, 0.2) is 0 Å². The van der Waals surface area contributed by atoms with Crippen molar-refractivity contribution in [2.75, 3.05) is 6.54 Å². The maximum Gasteiger partial charge on any atom is 0.266 e. The number of aromatic nitrogens is 2. The second-order valence-electron chi connectivity index (χ2n) is 7.25. The van der Waals surface area contributed by atoms with Gasteiger partial charge in [0.05, 0.1) is 22.6 Å². The SMILES string of the molecule is CCCCCCN[C@@H](C)c1nc2ccccc2c(=O)n1-c1cccc(Cl)c1C. The van der Waals surface area contributed by atoms with Gasteiger partial charge in [0, 0.05) is 5.02 Å². The monoisotopic (exact) mass is 397 g/mol. The fourth-order valence-electron chi connectivity index (χ4n) is 3.47. The van der Waals surface area contributed by atoms with Gasteiger partial charge < -0.3 is 5.32 Å². The Morgan fingerprint density at radius 1 is 1.11 bits per heavy atom. The van der Waals surface area contributed by atoms with E-state index >= 15 is 0 Å². The second kappa shape index (κ2) is 9.35. The largest absolute Gasteiger partial charge is 0.308 e. The van der Waals surface area contributed by atoms with Crippen LogP contribution < -0.4 is 10.9 Å². The van der Waals surface area contributed by atoms with Crippen LogP contribution in [0.15, 0.2) is 47.3 Å². The normalized spacial score (nSPS) is 12.4. The van der Waals surface area contributed by atoms with E-state index in [9.17, 15) is 4.79 Å². The summed E-state index contributed by atoms with van der Waals surface area (Å²) in [6.45, 7) is 7.11. The Hall–Kier alpha value is -2.17. The third-order valence-corrected chi connectivity index (χ3v) is 5.56. The number of fused-ring (bicyclic) bond motifs is 1. The predicted molar refractivity (Wildman–Crippen MR) is 118 cm³/mol. The number of nitrogens with one attached hydrogen (secondary N) is 1. The van der Waals surface area contributed by atoms with E-state index in [2.05, 4.69) is 19.2 Å². The van der Waals surface area contributed by atoms with Crippen LogP contribution in [0.3, 0.4) is 0 Å². The van der Waals surface area contributed by atoms with Gasteiger partial charge in [-0.25, -0.2) is 4.98 Å². The highest BCUT2D eigenvalue weighted by Crippen LogP contribution is 2.24. The number of para-hydroxylation sites is 1. The van der Waals surface area contributed by atoms with Crippen molar-refractivity contribution in [1.29, 1.82) is 0 Å². The van der Waals surface area contributed by atoms with Gasteiger partial charge in [0.1, 0.15) is 5.82 Å². The maximum atomic E-state index is 13.4. The van der Waals surface area contributed by atoms with Crippen LogP contribution in [0.2, 0.25) is 5.02 Å². The van der Waals surface area contributed by atoms with Crippen LogP contribution in [0.25, 0.3) is 16.6 Å². The fourth-order valence-corrected chi connectivity index (χ4v) is 3.64. The molecular formula is C23H28ClN3O. The van der Waals surface area contributed by atoms with Crippen molar-refractivity contribution in [2.45, 2.75) is 52.5 Å². The molecule has 1 atom stereocenters. The topological polar surface area (TPSA) is 46.9 Å². The molecule has 0 bridgehead atoms. The van der Waals surface area contributed by atoms with Crippen LogP contribution in [0.1, 0.15) is 57.0 Å². The number of halogens is 1. The molecule has 0 amide bonds. The summed E-state index contributed by atoms with van der Waals surface area (Å²) in [5.74, 6) is 0.713. The molecule has 3 aromatic rings. The summed E-state index contributed by atoms with van der Waals surface area (Å²) in [6, 6.07) is 13.1. The molecule has 1 heterocycles. The van der Waals surface area contributed by atoms with E-state index in [0.717, 1.165) is 29.7 Å². The molecule has 28 heavy (non-hydrogen) atoms. The van der Waals surface area contributed by atoms with Crippen LogP contribution in [-0.4, -0.2) is 16.1 Å². The first-order valence-corrected chi connectivity index (χ1v) is 10.4. The Morgan fingerprint density at radius 2 is 1.89 bits per heavy atom. The highest BCUT2D eigenvalue weighted by molar-refractivity contribution is 6.31. The summed E-state index contributed by atoms with van der Waals surface area (Å²) in [6.07, 6.45) is 4.79. The Bertz CT molecular complexity index is 1010. The lowest BCUT2D eigenvalue weighted by atomic mass is 10.1. The lowest BCUT2D eigenvalue weighted by Gasteiger charge is -2.21. The molecule has 148 valence electrons. The summed E-state index contributed by atoms with van der Waals surface area (Å²) in [5.41, 5.74) is 2.31. The Labute approximate surface area is 171 Å². The first-order chi connectivity index (χ1) is 13.5. The van der Waals surface area contributed by atoms with E-state index in [-0.39, 0.29) is 11.6 Å². The second-order valence-corrected chi connectivity index (χ2v) is 7.66.